The molecular formula is C15H18ClF2N. The number of hydrogen-bond donors (Lipinski definition) is 1. The van der Waals surface area contributed by atoms with E-state index in [0.29, 0.717) is 17.9 Å². The molecule has 1 aliphatic rings. The summed E-state index contributed by atoms with van der Waals surface area (Å²) >= 11 is 6.14. The van der Waals surface area contributed by atoms with Crippen LogP contribution < -0.4 is 5.73 Å². The summed E-state index contributed by atoms with van der Waals surface area (Å²) in [6.45, 7) is 3.88. The lowest BCUT2D eigenvalue weighted by molar-refractivity contribution is -0.0600. The molecule has 0 spiro atoms. The van der Waals surface area contributed by atoms with Crippen LogP contribution in [0, 0.1) is 0 Å². The van der Waals surface area contributed by atoms with Gasteiger partial charge in [0, 0.05) is 29.8 Å². The Hall–Kier alpha value is -0.930. The van der Waals surface area contributed by atoms with Crippen molar-refractivity contribution >= 4 is 17.7 Å². The molecule has 0 aromatic heterocycles. The van der Waals surface area contributed by atoms with Crippen LogP contribution >= 0.6 is 11.6 Å². The van der Waals surface area contributed by atoms with Gasteiger partial charge < -0.3 is 5.73 Å². The zero-order valence-electron chi connectivity index (χ0n) is 10.8. The lowest BCUT2D eigenvalue weighted by Gasteiger charge is -2.40. The van der Waals surface area contributed by atoms with Crippen molar-refractivity contribution in [2.24, 2.45) is 5.73 Å². The van der Waals surface area contributed by atoms with Crippen molar-refractivity contribution in [2.45, 2.75) is 37.0 Å². The smallest absolute Gasteiger partial charge is 0.249 e. The van der Waals surface area contributed by atoms with Crippen molar-refractivity contribution in [1.82, 2.24) is 0 Å². The Morgan fingerprint density at radius 1 is 1.37 bits per heavy atom. The quantitative estimate of drug-likeness (QED) is 0.876. The topological polar surface area (TPSA) is 26.0 Å². The van der Waals surface area contributed by atoms with Gasteiger partial charge in [0.25, 0.3) is 0 Å². The maximum Gasteiger partial charge on any atom is 0.249 e. The van der Waals surface area contributed by atoms with Crippen LogP contribution in [0.4, 0.5) is 8.78 Å². The van der Waals surface area contributed by atoms with Gasteiger partial charge in [-0.05, 0) is 30.0 Å². The van der Waals surface area contributed by atoms with E-state index in [9.17, 15) is 8.78 Å². The maximum atomic E-state index is 13.7. The van der Waals surface area contributed by atoms with E-state index in [4.69, 9.17) is 17.3 Å². The van der Waals surface area contributed by atoms with Gasteiger partial charge in [-0.15, -0.1) is 0 Å². The van der Waals surface area contributed by atoms with Crippen molar-refractivity contribution in [3.8, 4) is 0 Å². The molecule has 0 amide bonds. The maximum absolute atomic E-state index is 13.7. The van der Waals surface area contributed by atoms with E-state index >= 15 is 0 Å². The van der Waals surface area contributed by atoms with Crippen LogP contribution in [-0.4, -0.2) is 12.5 Å². The van der Waals surface area contributed by atoms with Gasteiger partial charge in [-0.3, -0.25) is 0 Å². The summed E-state index contributed by atoms with van der Waals surface area (Å²) in [4.78, 5) is 0. The Kier molecular flexibility index (Phi) is 3.98. The molecule has 1 fully saturated rings. The number of halogens is 3. The fourth-order valence-electron chi connectivity index (χ4n) is 2.92. The molecule has 1 saturated carbocycles. The molecule has 0 radical (unpaired) electrons. The summed E-state index contributed by atoms with van der Waals surface area (Å²) in [5.41, 5.74) is 6.77. The molecule has 1 atom stereocenters. The third-order valence-electron chi connectivity index (χ3n) is 4.02. The number of alkyl halides is 2. The van der Waals surface area contributed by atoms with E-state index in [1.807, 2.05) is 12.1 Å². The molecule has 1 aromatic rings. The molecule has 4 heteroatoms. The minimum Gasteiger partial charge on any atom is -0.330 e. The van der Waals surface area contributed by atoms with Crippen molar-refractivity contribution in [3.05, 3.63) is 40.9 Å². The first-order chi connectivity index (χ1) is 8.92. The molecule has 1 unspecified atom stereocenters. The third kappa shape index (κ3) is 2.82. The normalized spacial score (nSPS) is 26.1. The largest absolute Gasteiger partial charge is 0.330 e. The first-order valence-corrected chi connectivity index (χ1v) is 6.81. The summed E-state index contributed by atoms with van der Waals surface area (Å²) in [5.74, 6) is -2.64. The second-order valence-electron chi connectivity index (χ2n) is 5.31. The van der Waals surface area contributed by atoms with Crippen molar-refractivity contribution in [2.75, 3.05) is 6.54 Å². The SMILES string of the molecule is C=Cc1ccc(C2(CN)CCCC(F)(F)C2)cc1Cl. The fraction of sp³-hybridized carbons (Fsp3) is 0.467. The van der Waals surface area contributed by atoms with Gasteiger partial charge in [0.2, 0.25) is 5.92 Å². The van der Waals surface area contributed by atoms with E-state index in [2.05, 4.69) is 6.58 Å². The Labute approximate surface area is 117 Å². The van der Waals surface area contributed by atoms with E-state index < -0.39 is 11.3 Å². The minimum absolute atomic E-state index is 0.0484. The predicted molar refractivity (Wildman–Crippen MR) is 75.7 cm³/mol. The highest BCUT2D eigenvalue weighted by molar-refractivity contribution is 6.32. The van der Waals surface area contributed by atoms with Gasteiger partial charge in [0.15, 0.2) is 0 Å². The number of nitrogens with two attached hydrogens (primary N) is 1. The van der Waals surface area contributed by atoms with E-state index in [-0.39, 0.29) is 19.4 Å². The number of hydrogen-bond acceptors (Lipinski definition) is 1. The molecule has 104 valence electrons. The molecule has 0 saturated heterocycles. The highest BCUT2D eigenvalue weighted by atomic mass is 35.5. The molecule has 1 aromatic carbocycles. The highest BCUT2D eigenvalue weighted by Crippen LogP contribution is 2.46. The van der Waals surface area contributed by atoms with Crippen molar-refractivity contribution < 1.29 is 8.78 Å². The summed E-state index contributed by atoms with van der Waals surface area (Å²) in [7, 11) is 0. The van der Waals surface area contributed by atoms with Crippen LogP contribution in [0.15, 0.2) is 24.8 Å². The molecule has 1 aliphatic carbocycles. The van der Waals surface area contributed by atoms with Crippen molar-refractivity contribution in [1.29, 1.82) is 0 Å². The Morgan fingerprint density at radius 2 is 2.11 bits per heavy atom. The average Bonchev–Trinajstić information content (AvgIpc) is 2.37. The lowest BCUT2D eigenvalue weighted by Crippen LogP contribution is -2.44. The molecular weight excluding hydrogens is 268 g/mol. The van der Waals surface area contributed by atoms with Crippen molar-refractivity contribution in [3.63, 3.8) is 0 Å². The molecule has 0 aliphatic heterocycles. The first kappa shape index (κ1) is 14.5. The number of rotatable bonds is 3. The lowest BCUT2D eigenvalue weighted by atomic mass is 9.68. The Morgan fingerprint density at radius 3 is 2.63 bits per heavy atom. The van der Waals surface area contributed by atoms with Crippen LogP contribution in [0.1, 0.15) is 36.8 Å². The second kappa shape index (κ2) is 5.22. The van der Waals surface area contributed by atoms with E-state index in [1.165, 1.54) is 0 Å². The van der Waals surface area contributed by atoms with Gasteiger partial charge in [0.1, 0.15) is 0 Å². The van der Waals surface area contributed by atoms with Gasteiger partial charge in [-0.25, -0.2) is 8.78 Å². The van der Waals surface area contributed by atoms with E-state index in [1.54, 1.807) is 12.1 Å². The molecule has 1 nitrogen and oxygen atoms in total. The molecule has 2 rings (SSSR count). The summed E-state index contributed by atoms with van der Waals surface area (Å²) in [6, 6.07) is 5.42. The van der Waals surface area contributed by atoms with Crippen LogP contribution in [0.25, 0.3) is 6.08 Å². The fourth-order valence-corrected chi connectivity index (χ4v) is 3.18. The highest BCUT2D eigenvalue weighted by Gasteiger charge is 2.46. The van der Waals surface area contributed by atoms with Gasteiger partial charge in [-0.1, -0.05) is 36.4 Å². The summed E-state index contributed by atoms with van der Waals surface area (Å²) < 4.78 is 27.4. The molecule has 2 N–H and O–H groups in total. The summed E-state index contributed by atoms with van der Waals surface area (Å²) in [5, 5.41) is 0.536. The Balaban J connectivity index is 2.41. The van der Waals surface area contributed by atoms with Gasteiger partial charge in [-0.2, -0.15) is 0 Å². The van der Waals surface area contributed by atoms with Gasteiger partial charge >= 0.3 is 0 Å². The number of benzene rings is 1. The van der Waals surface area contributed by atoms with Crippen LogP contribution in [0.3, 0.4) is 0 Å². The molecule has 0 bridgehead atoms. The average molecular weight is 286 g/mol. The molecule has 19 heavy (non-hydrogen) atoms. The van der Waals surface area contributed by atoms with Crippen LogP contribution in [0.2, 0.25) is 5.02 Å². The second-order valence-corrected chi connectivity index (χ2v) is 5.72. The zero-order valence-corrected chi connectivity index (χ0v) is 11.5. The predicted octanol–water partition coefficient (Wildman–Crippen LogP) is 4.39. The Bertz CT molecular complexity index is 487. The monoisotopic (exact) mass is 285 g/mol. The standard InChI is InChI=1S/C15H18ClF2N/c1-2-11-4-5-12(8-13(11)16)14(10-19)6-3-7-15(17,18)9-14/h2,4-5,8H,1,3,6-7,9-10,19H2. The van der Waals surface area contributed by atoms with Crippen LogP contribution in [0.5, 0.6) is 0 Å². The van der Waals surface area contributed by atoms with E-state index in [0.717, 1.165) is 11.1 Å². The van der Waals surface area contributed by atoms with Crippen LogP contribution in [-0.2, 0) is 5.41 Å². The third-order valence-corrected chi connectivity index (χ3v) is 4.35. The first-order valence-electron chi connectivity index (χ1n) is 6.43. The van der Waals surface area contributed by atoms with Gasteiger partial charge in [0.05, 0.1) is 0 Å². The molecule has 0 heterocycles. The zero-order chi connectivity index (χ0) is 14.1. The summed E-state index contributed by atoms with van der Waals surface area (Å²) in [6.07, 6.45) is 2.58. The minimum atomic E-state index is -2.64.